The molecule has 0 spiro atoms. The molecule has 4 heterocycles. The number of aromatic amines is 1. The lowest BCUT2D eigenvalue weighted by Crippen LogP contribution is -2.58. The molecule has 0 bridgehead atoms. The van der Waals surface area contributed by atoms with Gasteiger partial charge in [-0.3, -0.25) is 14.6 Å². The molecule has 1 fully saturated rings. The Kier molecular flexibility index (Phi) is 3.48. The Morgan fingerprint density at radius 1 is 1.24 bits per heavy atom. The number of nitrogens with one attached hydrogen (secondary N) is 1. The van der Waals surface area contributed by atoms with Crippen molar-refractivity contribution in [1.82, 2.24) is 29.9 Å². The van der Waals surface area contributed by atoms with Crippen molar-refractivity contribution in [2.75, 3.05) is 18.5 Å². The van der Waals surface area contributed by atoms with Crippen LogP contribution in [0.15, 0.2) is 24.5 Å². The van der Waals surface area contributed by atoms with Crippen LogP contribution in [0.25, 0.3) is 22.3 Å². The predicted octanol–water partition coefficient (Wildman–Crippen LogP) is 1.41. The van der Waals surface area contributed by atoms with Crippen molar-refractivity contribution in [3.63, 3.8) is 0 Å². The molecule has 1 amide bonds. The van der Waals surface area contributed by atoms with Crippen LogP contribution in [0.5, 0.6) is 0 Å². The van der Waals surface area contributed by atoms with Crippen LogP contribution in [-0.2, 0) is 11.8 Å². The van der Waals surface area contributed by atoms with Gasteiger partial charge in [0.1, 0.15) is 23.1 Å². The number of pyridine rings is 1. The van der Waals surface area contributed by atoms with Crippen molar-refractivity contribution >= 4 is 22.8 Å². The van der Waals surface area contributed by atoms with Crippen molar-refractivity contribution in [3.05, 3.63) is 24.5 Å². The number of hydrogen-bond acceptors (Lipinski definition) is 5. The highest BCUT2D eigenvalue weighted by molar-refractivity contribution is 5.91. The minimum Gasteiger partial charge on any atom is -0.343 e. The maximum Gasteiger partial charge on any atom is 0.245 e. The zero-order chi connectivity index (χ0) is 17.7. The molecule has 1 aliphatic heterocycles. The zero-order valence-electron chi connectivity index (χ0n) is 14.8. The highest BCUT2D eigenvalue weighted by atomic mass is 16.2. The molecule has 1 aliphatic rings. The Labute approximate surface area is 145 Å². The average Bonchev–Trinajstić information content (AvgIpc) is 3.21. The lowest BCUT2D eigenvalue weighted by Gasteiger charge is -2.42. The van der Waals surface area contributed by atoms with E-state index >= 15 is 0 Å². The van der Waals surface area contributed by atoms with E-state index in [9.17, 15) is 4.79 Å². The lowest BCUT2D eigenvalue weighted by atomic mass is 10.1. The second-order valence-electron chi connectivity index (χ2n) is 6.67. The second-order valence-corrected chi connectivity index (χ2v) is 6.67. The number of hydrogen-bond donors (Lipinski definition) is 1. The number of rotatable bonds is 2. The third-order valence-electron chi connectivity index (χ3n) is 4.96. The number of anilines is 1. The van der Waals surface area contributed by atoms with Crippen LogP contribution in [0.1, 0.15) is 13.8 Å². The highest BCUT2D eigenvalue weighted by Gasteiger charge is 2.34. The minimum absolute atomic E-state index is 0.111. The topological polar surface area (TPSA) is 82.9 Å². The number of nitrogens with zero attached hydrogens (tertiary/aromatic N) is 6. The maximum absolute atomic E-state index is 12.5. The van der Waals surface area contributed by atoms with E-state index in [4.69, 9.17) is 4.98 Å². The van der Waals surface area contributed by atoms with Gasteiger partial charge in [-0.15, -0.1) is 0 Å². The van der Waals surface area contributed by atoms with Gasteiger partial charge in [-0.1, -0.05) is 0 Å². The molecule has 0 saturated carbocycles. The van der Waals surface area contributed by atoms with Crippen molar-refractivity contribution in [2.45, 2.75) is 25.9 Å². The van der Waals surface area contributed by atoms with Gasteiger partial charge in [0.15, 0.2) is 0 Å². The maximum atomic E-state index is 12.5. The fourth-order valence-electron chi connectivity index (χ4n) is 3.30. The summed E-state index contributed by atoms with van der Waals surface area (Å²) in [6, 6.07) is 3.81. The molecule has 130 valence electrons. The minimum atomic E-state index is -0.236. The molecule has 3 aromatic rings. The number of aromatic nitrogens is 5. The van der Waals surface area contributed by atoms with Crippen molar-refractivity contribution < 1.29 is 4.79 Å². The summed E-state index contributed by atoms with van der Waals surface area (Å²) in [6.45, 7) is 4.73. The Morgan fingerprint density at radius 2 is 2.04 bits per heavy atom. The van der Waals surface area contributed by atoms with Crippen LogP contribution in [0.3, 0.4) is 0 Å². The Hall–Kier alpha value is -2.90. The molecule has 8 nitrogen and oxygen atoms in total. The highest BCUT2D eigenvalue weighted by Crippen LogP contribution is 2.28. The molecule has 25 heavy (non-hydrogen) atoms. The number of aryl methyl sites for hydroxylation is 1. The van der Waals surface area contributed by atoms with Gasteiger partial charge < -0.3 is 9.80 Å². The van der Waals surface area contributed by atoms with Gasteiger partial charge in [0.25, 0.3) is 0 Å². The first-order valence-corrected chi connectivity index (χ1v) is 8.33. The molecule has 0 aliphatic carbocycles. The van der Waals surface area contributed by atoms with Gasteiger partial charge >= 0.3 is 0 Å². The summed E-state index contributed by atoms with van der Waals surface area (Å²) < 4.78 is 1.74. The molecule has 4 rings (SSSR count). The summed E-state index contributed by atoms with van der Waals surface area (Å²) in [5.74, 6) is 0.903. The largest absolute Gasteiger partial charge is 0.343 e. The van der Waals surface area contributed by atoms with Crippen LogP contribution in [0.4, 0.5) is 5.82 Å². The molecule has 3 aromatic heterocycles. The van der Waals surface area contributed by atoms with Crippen LogP contribution in [0, 0.1) is 0 Å². The Balaban J connectivity index is 1.77. The van der Waals surface area contributed by atoms with Crippen LogP contribution < -0.4 is 4.90 Å². The average molecular weight is 339 g/mol. The first kappa shape index (κ1) is 15.6. The van der Waals surface area contributed by atoms with E-state index < -0.39 is 0 Å². The second kappa shape index (κ2) is 5.58. The summed E-state index contributed by atoms with van der Waals surface area (Å²) in [5, 5.41) is 11.6. The normalized spacial score (nSPS) is 21.4. The molecule has 1 N–H and O–H groups in total. The van der Waals surface area contributed by atoms with E-state index in [1.54, 1.807) is 15.8 Å². The third-order valence-corrected chi connectivity index (χ3v) is 4.96. The fraction of sp³-hybridized carbons (Fsp3) is 0.412. The number of likely N-dealkylation sites (N-methyl/N-ethyl adjacent to an activating group) is 1. The number of amides is 1. The third kappa shape index (κ3) is 2.45. The zero-order valence-corrected chi connectivity index (χ0v) is 14.8. The standard InChI is InChI=1S/C17H21N7O/c1-10-8-24(11(2)17(25)23(10)4)14-6-5-13-16(19-14)15(21-20-13)12-7-18-22(3)9-12/h5-7,9-11H,8H2,1-4H3,(H,20,21). The number of carbonyl (C=O) groups excluding carboxylic acids is 1. The van der Waals surface area contributed by atoms with Crippen LogP contribution in [-0.4, -0.2) is 61.4 Å². The summed E-state index contributed by atoms with van der Waals surface area (Å²) in [5.41, 5.74) is 3.33. The van der Waals surface area contributed by atoms with E-state index in [2.05, 4.69) is 20.2 Å². The Morgan fingerprint density at radius 3 is 2.76 bits per heavy atom. The molecular formula is C17H21N7O. The number of H-pyrrole nitrogens is 1. The van der Waals surface area contributed by atoms with Gasteiger partial charge in [-0.05, 0) is 26.0 Å². The van der Waals surface area contributed by atoms with E-state index in [1.165, 1.54) is 0 Å². The molecule has 0 radical (unpaired) electrons. The van der Waals surface area contributed by atoms with Gasteiger partial charge in [-0.25, -0.2) is 4.98 Å². The van der Waals surface area contributed by atoms with E-state index in [0.717, 1.165) is 34.7 Å². The monoisotopic (exact) mass is 339 g/mol. The predicted molar refractivity (Wildman–Crippen MR) is 95.1 cm³/mol. The molecular weight excluding hydrogens is 318 g/mol. The van der Waals surface area contributed by atoms with E-state index in [1.807, 2.05) is 46.3 Å². The summed E-state index contributed by atoms with van der Waals surface area (Å²) in [6.07, 6.45) is 3.68. The van der Waals surface area contributed by atoms with Gasteiger partial charge in [-0.2, -0.15) is 10.2 Å². The molecule has 2 atom stereocenters. The number of carbonyl (C=O) groups is 1. The molecule has 1 saturated heterocycles. The van der Waals surface area contributed by atoms with Crippen LogP contribution in [0.2, 0.25) is 0 Å². The first-order chi connectivity index (χ1) is 12.0. The van der Waals surface area contributed by atoms with Gasteiger partial charge in [0.05, 0.1) is 11.7 Å². The summed E-state index contributed by atoms with van der Waals surface area (Å²) in [4.78, 5) is 21.1. The van der Waals surface area contributed by atoms with Gasteiger partial charge in [0.2, 0.25) is 5.91 Å². The molecule has 2 unspecified atom stereocenters. The van der Waals surface area contributed by atoms with Gasteiger partial charge in [0, 0.05) is 38.4 Å². The molecule has 0 aromatic carbocycles. The number of piperazine rings is 1. The number of fused-ring (bicyclic) bond motifs is 1. The fourth-order valence-corrected chi connectivity index (χ4v) is 3.30. The smallest absolute Gasteiger partial charge is 0.245 e. The Bertz CT molecular complexity index is 944. The van der Waals surface area contributed by atoms with Crippen molar-refractivity contribution in [2.24, 2.45) is 7.05 Å². The quantitative estimate of drug-likeness (QED) is 0.763. The summed E-state index contributed by atoms with van der Waals surface area (Å²) >= 11 is 0. The van der Waals surface area contributed by atoms with Crippen LogP contribution >= 0.6 is 0 Å². The lowest BCUT2D eigenvalue weighted by molar-refractivity contribution is -0.134. The van der Waals surface area contributed by atoms with E-state index in [0.29, 0.717) is 0 Å². The van der Waals surface area contributed by atoms with E-state index in [-0.39, 0.29) is 18.0 Å². The van der Waals surface area contributed by atoms with Crippen molar-refractivity contribution in [1.29, 1.82) is 0 Å². The first-order valence-electron chi connectivity index (χ1n) is 8.33. The van der Waals surface area contributed by atoms with Crippen molar-refractivity contribution in [3.8, 4) is 11.3 Å². The summed E-state index contributed by atoms with van der Waals surface area (Å²) in [7, 11) is 3.73. The molecule has 8 heteroatoms. The SMILES string of the molecule is CC1CN(c2ccc3[nH]nc(-c4cnn(C)c4)c3n2)C(C)C(=O)N1C.